The Balaban J connectivity index is 2.32. The van der Waals surface area contributed by atoms with Crippen LogP contribution < -0.4 is 11.1 Å². The minimum atomic E-state index is -0.591. The lowest BCUT2D eigenvalue weighted by atomic mass is 9.94. The molecule has 1 amide bonds. The normalized spacial score (nSPS) is 13.9. The number of pyridine rings is 1. The molecule has 0 bridgehead atoms. The Morgan fingerprint density at radius 3 is 2.90 bits per heavy atom. The van der Waals surface area contributed by atoms with Gasteiger partial charge >= 0.3 is 0 Å². The molecule has 0 aromatic carbocycles. The second kappa shape index (κ2) is 9.43. The van der Waals surface area contributed by atoms with E-state index in [1.54, 1.807) is 18.0 Å². The van der Waals surface area contributed by atoms with Gasteiger partial charge in [0.25, 0.3) is 0 Å². The fraction of sp³-hybridized carbons (Fsp3) is 0.600. The van der Waals surface area contributed by atoms with E-state index >= 15 is 0 Å². The Bertz CT molecular complexity index is 458. The van der Waals surface area contributed by atoms with E-state index in [2.05, 4.69) is 33.2 Å². The smallest absolute Gasteiger partial charge is 0.237 e. The van der Waals surface area contributed by atoms with Crippen molar-refractivity contribution < 1.29 is 4.79 Å². The highest BCUT2D eigenvalue weighted by Crippen LogP contribution is 2.26. The molecule has 1 rings (SSSR count). The van der Waals surface area contributed by atoms with Crippen LogP contribution in [0.5, 0.6) is 0 Å². The summed E-state index contributed by atoms with van der Waals surface area (Å²) in [5, 5.41) is 4.27. The van der Waals surface area contributed by atoms with Crippen LogP contribution in [0.1, 0.15) is 39.5 Å². The number of thioether (sulfide) groups is 1. The fourth-order valence-corrected chi connectivity index (χ4v) is 3.41. The van der Waals surface area contributed by atoms with Crippen LogP contribution in [0.3, 0.4) is 0 Å². The van der Waals surface area contributed by atoms with E-state index in [1.807, 2.05) is 19.1 Å². The number of hydrogen-bond acceptors (Lipinski definition) is 4. The lowest BCUT2D eigenvalue weighted by molar-refractivity contribution is -0.124. The molecule has 118 valence electrons. The lowest BCUT2D eigenvalue weighted by Gasteiger charge is -2.27. The summed E-state index contributed by atoms with van der Waals surface area (Å²) in [6.45, 7) is 4.79. The van der Waals surface area contributed by atoms with Gasteiger partial charge in [0.05, 0.1) is 5.54 Å². The quantitative estimate of drug-likeness (QED) is 0.487. The van der Waals surface area contributed by atoms with Crippen LogP contribution in [0.2, 0.25) is 0 Å². The Hall–Kier alpha value is -0.590. The number of carbonyl (C=O) groups excluding carboxylic acids is 1. The van der Waals surface area contributed by atoms with Gasteiger partial charge in [0.2, 0.25) is 5.91 Å². The minimum Gasteiger partial charge on any atom is -0.368 e. The number of hydrogen-bond donors (Lipinski definition) is 2. The van der Waals surface area contributed by atoms with Gasteiger partial charge in [0.1, 0.15) is 5.03 Å². The molecule has 1 unspecified atom stereocenters. The first-order valence-electron chi connectivity index (χ1n) is 7.28. The third kappa shape index (κ3) is 6.36. The van der Waals surface area contributed by atoms with E-state index in [0.29, 0.717) is 0 Å². The molecule has 1 aromatic rings. The topological polar surface area (TPSA) is 68.0 Å². The zero-order valence-electron chi connectivity index (χ0n) is 12.7. The number of unbranched alkanes of at least 4 members (excludes halogenated alkanes) is 1. The number of rotatable bonds is 10. The van der Waals surface area contributed by atoms with Crippen molar-refractivity contribution in [2.24, 2.45) is 5.73 Å². The molecule has 0 saturated heterocycles. The molecular formula is C15H24BrN3OS. The highest BCUT2D eigenvalue weighted by Gasteiger charge is 2.29. The van der Waals surface area contributed by atoms with Gasteiger partial charge in [-0.3, -0.25) is 4.79 Å². The summed E-state index contributed by atoms with van der Waals surface area (Å²) in [5.74, 6) is 0.717. The number of nitrogens with two attached hydrogens (primary N) is 1. The van der Waals surface area contributed by atoms with Crippen molar-refractivity contribution in [2.75, 3.05) is 12.3 Å². The first-order valence-corrected chi connectivity index (χ1v) is 9.05. The number of nitrogens with one attached hydrogen (secondary N) is 1. The second-order valence-corrected chi connectivity index (χ2v) is 7.16. The molecule has 1 aromatic heterocycles. The van der Waals surface area contributed by atoms with Crippen molar-refractivity contribution in [2.45, 2.75) is 50.1 Å². The molecule has 1 atom stereocenters. The third-order valence-electron chi connectivity index (χ3n) is 3.34. The monoisotopic (exact) mass is 373 g/mol. The number of primary amides is 1. The Morgan fingerprint density at radius 2 is 2.29 bits per heavy atom. The molecule has 1 heterocycles. The standard InChI is InChI=1S/C15H24BrN3OS/c1-3-9-19-15(2,14(17)20)8-4-5-11-21-13-12(16)7-6-10-18-13/h6-7,10,19H,3-5,8-9,11H2,1-2H3,(H2,17,20). The maximum atomic E-state index is 11.6. The maximum Gasteiger partial charge on any atom is 0.237 e. The Kier molecular flexibility index (Phi) is 8.29. The minimum absolute atomic E-state index is 0.268. The molecule has 21 heavy (non-hydrogen) atoms. The van der Waals surface area contributed by atoms with E-state index in [0.717, 1.165) is 47.5 Å². The molecule has 6 heteroatoms. The van der Waals surface area contributed by atoms with E-state index in [1.165, 1.54) is 0 Å². The molecule has 0 aliphatic heterocycles. The van der Waals surface area contributed by atoms with Gasteiger partial charge < -0.3 is 11.1 Å². The number of aromatic nitrogens is 1. The van der Waals surface area contributed by atoms with Crippen molar-refractivity contribution in [3.8, 4) is 0 Å². The maximum absolute atomic E-state index is 11.6. The van der Waals surface area contributed by atoms with E-state index in [4.69, 9.17) is 5.73 Å². The van der Waals surface area contributed by atoms with Crippen LogP contribution in [-0.4, -0.2) is 28.7 Å². The molecule has 0 aliphatic rings. The summed E-state index contributed by atoms with van der Waals surface area (Å²) >= 11 is 5.22. The molecule has 4 nitrogen and oxygen atoms in total. The van der Waals surface area contributed by atoms with Gasteiger partial charge in [0, 0.05) is 10.7 Å². The summed E-state index contributed by atoms with van der Waals surface area (Å²) in [4.78, 5) is 15.9. The van der Waals surface area contributed by atoms with Gasteiger partial charge in [-0.25, -0.2) is 4.98 Å². The largest absolute Gasteiger partial charge is 0.368 e. The highest BCUT2D eigenvalue weighted by molar-refractivity contribution is 9.10. The summed E-state index contributed by atoms with van der Waals surface area (Å²) in [5.41, 5.74) is 4.92. The van der Waals surface area contributed by atoms with Gasteiger partial charge in [0.15, 0.2) is 0 Å². The van der Waals surface area contributed by atoms with Crippen molar-refractivity contribution in [1.82, 2.24) is 10.3 Å². The second-order valence-electron chi connectivity index (χ2n) is 5.22. The average Bonchev–Trinajstić information content (AvgIpc) is 2.46. The number of halogens is 1. The van der Waals surface area contributed by atoms with Crippen LogP contribution in [0, 0.1) is 0 Å². The van der Waals surface area contributed by atoms with Crippen LogP contribution in [-0.2, 0) is 4.79 Å². The first-order chi connectivity index (χ1) is 9.99. The van der Waals surface area contributed by atoms with Crippen LogP contribution in [0.25, 0.3) is 0 Å². The van der Waals surface area contributed by atoms with E-state index in [9.17, 15) is 4.79 Å². The van der Waals surface area contributed by atoms with Crippen molar-refractivity contribution in [3.05, 3.63) is 22.8 Å². The summed E-state index contributed by atoms with van der Waals surface area (Å²) in [6, 6.07) is 3.90. The molecule has 0 spiro atoms. The van der Waals surface area contributed by atoms with Crippen LogP contribution >= 0.6 is 27.7 Å². The number of nitrogens with zero attached hydrogens (tertiary/aromatic N) is 1. The predicted molar refractivity (Wildman–Crippen MR) is 92.4 cm³/mol. The summed E-state index contributed by atoms with van der Waals surface area (Å²) in [6.07, 6.45) is 5.56. The van der Waals surface area contributed by atoms with Crippen LogP contribution in [0.4, 0.5) is 0 Å². The molecule has 0 saturated carbocycles. The molecule has 0 radical (unpaired) electrons. The lowest BCUT2D eigenvalue weighted by Crippen LogP contribution is -2.53. The average molecular weight is 374 g/mol. The SMILES string of the molecule is CCCNC(C)(CCCCSc1ncccc1Br)C(N)=O. The van der Waals surface area contributed by atoms with Crippen LogP contribution in [0.15, 0.2) is 27.8 Å². The van der Waals surface area contributed by atoms with Crippen molar-refractivity contribution in [1.29, 1.82) is 0 Å². The van der Waals surface area contributed by atoms with Gasteiger partial charge in [-0.05, 0) is 66.5 Å². The van der Waals surface area contributed by atoms with Gasteiger partial charge in [-0.15, -0.1) is 11.8 Å². The van der Waals surface area contributed by atoms with Crippen molar-refractivity contribution >= 4 is 33.6 Å². The molecule has 3 N–H and O–H groups in total. The Labute approximate surface area is 139 Å². The van der Waals surface area contributed by atoms with Gasteiger partial charge in [-0.2, -0.15) is 0 Å². The zero-order valence-corrected chi connectivity index (χ0v) is 15.1. The zero-order chi connectivity index (χ0) is 15.7. The predicted octanol–water partition coefficient (Wildman–Crippen LogP) is 3.35. The Morgan fingerprint density at radius 1 is 1.52 bits per heavy atom. The number of carbonyl (C=O) groups is 1. The fourth-order valence-electron chi connectivity index (χ4n) is 1.93. The first kappa shape index (κ1) is 18.5. The third-order valence-corrected chi connectivity index (χ3v) is 5.34. The summed E-state index contributed by atoms with van der Waals surface area (Å²) < 4.78 is 1.03. The van der Waals surface area contributed by atoms with Gasteiger partial charge in [-0.1, -0.05) is 13.3 Å². The van der Waals surface area contributed by atoms with E-state index in [-0.39, 0.29) is 5.91 Å². The van der Waals surface area contributed by atoms with E-state index < -0.39 is 5.54 Å². The highest BCUT2D eigenvalue weighted by atomic mass is 79.9. The molecule has 0 aliphatic carbocycles. The molecular weight excluding hydrogens is 350 g/mol. The molecule has 0 fully saturated rings. The number of amides is 1. The summed E-state index contributed by atoms with van der Waals surface area (Å²) in [7, 11) is 0. The van der Waals surface area contributed by atoms with Crippen molar-refractivity contribution in [3.63, 3.8) is 0 Å².